The van der Waals surface area contributed by atoms with Gasteiger partial charge in [-0.05, 0) is 68.5 Å². The van der Waals surface area contributed by atoms with Crippen LogP contribution < -0.4 is 10.9 Å². The molecule has 0 aliphatic carbocycles. The first kappa shape index (κ1) is 25.1. The molecule has 2 heterocycles. The Kier molecular flexibility index (Phi) is 6.84. The number of hydrogen-bond acceptors (Lipinski definition) is 5. The fourth-order valence-electron chi connectivity index (χ4n) is 4.50. The first-order valence-electron chi connectivity index (χ1n) is 11.7. The molecule has 35 heavy (non-hydrogen) atoms. The SMILES string of the molecule is COCCn1ccc2ccc(NC3(c4cccc(Cl)c4C)CN(C(=O)OC(C)(C)C)C3)cc2c1=O. The Morgan fingerprint density at radius 3 is 2.60 bits per heavy atom. The monoisotopic (exact) mass is 497 g/mol. The van der Waals surface area contributed by atoms with Crippen LogP contribution in [0.5, 0.6) is 0 Å². The molecule has 1 aliphatic heterocycles. The van der Waals surface area contributed by atoms with E-state index in [4.69, 9.17) is 21.1 Å². The number of ether oxygens (including phenoxy) is 2. The van der Waals surface area contributed by atoms with E-state index in [2.05, 4.69) is 5.32 Å². The molecule has 4 rings (SSSR count). The average Bonchev–Trinajstić information content (AvgIpc) is 2.76. The summed E-state index contributed by atoms with van der Waals surface area (Å²) in [6, 6.07) is 13.5. The van der Waals surface area contributed by atoms with Gasteiger partial charge < -0.3 is 24.3 Å². The Morgan fingerprint density at radius 1 is 1.17 bits per heavy atom. The minimum atomic E-state index is -0.574. The molecular weight excluding hydrogens is 466 g/mol. The van der Waals surface area contributed by atoms with Crippen molar-refractivity contribution < 1.29 is 14.3 Å². The number of hydrogen-bond donors (Lipinski definition) is 1. The normalized spacial score (nSPS) is 15.1. The van der Waals surface area contributed by atoms with E-state index in [1.807, 2.05) is 70.2 Å². The van der Waals surface area contributed by atoms with Gasteiger partial charge in [0, 0.05) is 35.9 Å². The minimum Gasteiger partial charge on any atom is -0.444 e. The number of nitrogens with zero attached hydrogens (tertiary/aromatic N) is 2. The van der Waals surface area contributed by atoms with Crippen molar-refractivity contribution in [2.24, 2.45) is 0 Å². The topological polar surface area (TPSA) is 72.8 Å². The van der Waals surface area contributed by atoms with Crippen molar-refractivity contribution in [1.29, 1.82) is 0 Å². The number of fused-ring (bicyclic) bond motifs is 1. The second kappa shape index (κ2) is 9.55. The van der Waals surface area contributed by atoms with Gasteiger partial charge in [0.1, 0.15) is 5.60 Å². The first-order chi connectivity index (χ1) is 16.5. The molecule has 0 bridgehead atoms. The van der Waals surface area contributed by atoms with Crippen molar-refractivity contribution in [1.82, 2.24) is 9.47 Å². The zero-order valence-electron chi connectivity index (χ0n) is 20.9. The first-order valence-corrected chi connectivity index (χ1v) is 12.0. The third-order valence-electron chi connectivity index (χ3n) is 6.26. The van der Waals surface area contributed by atoms with E-state index in [1.54, 1.807) is 22.8 Å². The van der Waals surface area contributed by atoms with Crippen molar-refractivity contribution in [2.45, 2.75) is 45.4 Å². The van der Waals surface area contributed by atoms with Crippen LogP contribution in [0, 0.1) is 6.92 Å². The van der Waals surface area contributed by atoms with Crippen molar-refractivity contribution in [3.05, 3.63) is 75.2 Å². The lowest BCUT2D eigenvalue weighted by Crippen LogP contribution is -2.65. The molecule has 0 spiro atoms. The summed E-state index contributed by atoms with van der Waals surface area (Å²) >= 11 is 6.46. The van der Waals surface area contributed by atoms with Gasteiger partial charge in [-0.15, -0.1) is 0 Å². The summed E-state index contributed by atoms with van der Waals surface area (Å²) in [5.74, 6) is 0. The summed E-state index contributed by atoms with van der Waals surface area (Å²) in [6.07, 6.45) is 1.44. The largest absolute Gasteiger partial charge is 0.444 e. The van der Waals surface area contributed by atoms with Gasteiger partial charge in [0.2, 0.25) is 0 Å². The number of aromatic nitrogens is 1. The molecule has 1 aliphatic rings. The molecule has 0 atom stereocenters. The molecule has 1 aromatic heterocycles. The number of rotatable bonds is 6. The van der Waals surface area contributed by atoms with Gasteiger partial charge >= 0.3 is 6.09 Å². The average molecular weight is 498 g/mol. The lowest BCUT2D eigenvalue weighted by molar-refractivity contribution is -0.00490. The van der Waals surface area contributed by atoms with Crippen LogP contribution in [0.4, 0.5) is 10.5 Å². The lowest BCUT2D eigenvalue weighted by atomic mass is 9.80. The number of carbonyl (C=O) groups is 1. The lowest BCUT2D eigenvalue weighted by Gasteiger charge is -2.51. The van der Waals surface area contributed by atoms with E-state index in [-0.39, 0.29) is 11.7 Å². The highest BCUT2D eigenvalue weighted by Crippen LogP contribution is 2.40. The second-order valence-corrected chi connectivity index (χ2v) is 10.5. The highest BCUT2D eigenvalue weighted by atomic mass is 35.5. The van der Waals surface area contributed by atoms with Crippen LogP contribution in [0.3, 0.4) is 0 Å². The van der Waals surface area contributed by atoms with E-state index >= 15 is 0 Å². The van der Waals surface area contributed by atoms with Crippen LogP contribution in [0.25, 0.3) is 10.8 Å². The maximum Gasteiger partial charge on any atom is 0.410 e. The molecule has 3 aromatic rings. The van der Waals surface area contributed by atoms with Crippen LogP contribution in [-0.2, 0) is 21.6 Å². The standard InChI is InChI=1S/C27H32ClN3O4/c1-18-22(7-6-8-23(18)28)27(16-31(17-27)25(33)35-26(2,3)4)29-20-10-9-19-11-12-30(13-14-34-5)24(32)21(19)15-20/h6-12,15,29H,13-14,16-17H2,1-5H3. The fourth-order valence-corrected chi connectivity index (χ4v) is 4.68. The van der Waals surface area contributed by atoms with Crippen LogP contribution in [0.1, 0.15) is 31.9 Å². The summed E-state index contributed by atoms with van der Waals surface area (Å²) in [7, 11) is 1.62. The van der Waals surface area contributed by atoms with E-state index < -0.39 is 11.1 Å². The van der Waals surface area contributed by atoms with Gasteiger partial charge in [0.05, 0.1) is 25.2 Å². The molecule has 7 nitrogen and oxygen atoms in total. The highest BCUT2D eigenvalue weighted by Gasteiger charge is 2.48. The van der Waals surface area contributed by atoms with Gasteiger partial charge in [-0.1, -0.05) is 29.8 Å². The third-order valence-corrected chi connectivity index (χ3v) is 6.66. The summed E-state index contributed by atoms with van der Waals surface area (Å²) in [6.45, 7) is 9.30. The van der Waals surface area contributed by atoms with Crippen LogP contribution in [-0.4, -0.2) is 48.0 Å². The van der Waals surface area contributed by atoms with Gasteiger partial charge in [0.25, 0.3) is 5.56 Å². The van der Waals surface area contributed by atoms with Crippen LogP contribution >= 0.6 is 11.6 Å². The maximum absolute atomic E-state index is 13.1. The zero-order chi connectivity index (χ0) is 25.4. The van der Waals surface area contributed by atoms with E-state index in [1.165, 1.54) is 0 Å². The predicted octanol–water partition coefficient (Wildman–Crippen LogP) is 5.17. The Labute approximate surface area is 210 Å². The van der Waals surface area contributed by atoms with E-state index in [0.29, 0.717) is 36.7 Å². The predicted molar refractivity (Wildman–Crippen MR) is 139 cm³/mol. The number of halogens is 1. The van der Waals surface area contributed by atoms with Crippen LogP contribution in [0.2, 0.25) is 5.02 Å². The van der Waals surface area contributed by atoms with E-state index in [0.717, 1.165) is 22.2 Å². The number of nitrogens with one attached hydrogen (secondary N) is 1. The molecule has 1 N–H and O–H groups in total. The van der Waals surface area contributed by atoms with Crippen LogP contribution in [0.15, 0.2) is 53.5 Å². The molecule has 0 unspecified atom stereocenters. The number of methoxy groups -OCH3 is 1. The maximum atomic E-state index is 13.1. The van der Waals surface area contributed by atoms with Gasteiger partial charge in [-0.2, -0.15) is 0 Å². The molecule has 0 radical (unpaired) electrons. The summed E-state index contributed by atoms with van der Waals surface area (Å²) in [5.41, 5.74) is 1.55. The molecule has 186 valence electrons. The molecule has 2 aromatic carbocycles. The third kappa shape index (κ3) is 5.16. The summed E-state index contributed by atoms with van der Waals surface area (Å²) in [5, 5.41) is 5.78. The molecular formula is C27H32ClN3O4. The Balaban J connectivity index is 1.69. The molecule has 1 amide bonds. The summed E-state index contributed by atoms with van der Waals surface area (Å²) in [4.78, 5) is 27.5. The summed E-state index contributed by atoms with van der Waals surface area (Å²) < 4.78 is 12.4. The Hall–Kier alpha value is -3.03. The van der Waals surface area contributed by atoms with Crippen molar-refractivity contribution in [3.8, 4) is 0 Å². The van der Waals surface area contributed by atoms with Crippen molar-refractivity contribution >= 4 is 34.2 Å². The number of pyridine rings is 1. The van der Waals surface area contributed by atoms with Gasteiger partial charge in [-0.25, -0.2) is 4.79 Å². The van der Waals surface area contributed by atoms with Crippen molar-refractivity contribution in [2.75, 3.05) is 32.1 Å². The number of carbonyl (C=O) groups excluding carboxylic acids is 1. The minimum absolute atomic E-state index is 0.0693. The molecule has 8 heteroatoms. The molecule has 0 saturated carbocycles. The zero-order valence-corrected chi connectivity index (χ0v) is 21.6. The second-order valence-electron chi connectivity index (χ2n) is 10.1. The van der Waals surface area contributed by atoms with Gasteiger partial charge in [0.15, 0.2) is 0 Å². The molecule has 1 fully saturated rings. The number of amides is 1. The fraction of sp³-hybridized carbons (Fsp3) is 0.407. The Bertz CT molecular complexity index is 1310. The number of anilines is 1. The number of benzene rings is 2. The smallest absolute Gasteiger partial charge is 0.410 e. The Morgan fingerprint density at radius 2 is 1.91 bits per heavy atom. The van der Waals surface area contributed by atoms with E-state index in [9.17, 15) is 9.59 Å². The number of likely N-dealkylation sites (tertiary alicyclic amines) is 1. The highest BCUT2D eigenvalue weighted by molar-refractivity contribution is 6.31. The van der Waals surface area contributed by atoms with Crippen molar-refractivity contribution in [3.63, 3.8) is 0 Å². The molecule has 1 saturated heterocycles. The van der Waals surface area contributed by atoms with Gasteiger partial charge in [-0.3, -0.25) is 4.79 Å². The quantitative estimate of drug-likeness (QED) is 0.508.